The molecule has 0 fully saturated rings. The lowest BCUT2D eigenvalue weighted by Gasteiger charge is -2.14. The lowest BCUT2D eigenvalue weighted by molar-refractivity contribution is -0.896. The van der Waals surface area contributed by atoms with E-state index in [-0.39, 0.29) is 5.91 Å². The van der Waals surface area contributed by atoms with E-state index in [2.05, 4.69) is 30.8 Å². The van der Waals surface area contributed by atoms with Crippen LogP contribution in [0.15, 0.2) is 42.5 Å². The van der Waals surface area contributed by atoms with Gasteiger partial charge in [-0.3, -0.25) is 4.79 Å². The Morgan fingerprint density at radius 2 is 1.81 bits per heavy atom. The molecule has 0 spiro atoms. The molecule has 2 N–H and O–H groups in total. The molecule has 0 aliphatic heterocycles. The highest BCUT2D eigenvalue weighted by Gasteiger charge is 2.12. The van der Waals surface area contributed by atoms with Gasteiger partial charge in [0.15, 0.2) is 0 Å². The second-order valence-electron chi connectivity index (χ2n) is 7.07. The lowest BCUT2D eigenvalue weighted by atomic mass is 10.1. The van der Waals surface area contributed by atoms with Crippen LogP contribution in [0.2, 0.25) is 0 Å². The summed E-state index contributed by atoms with van der Waals surface area (Å²) >= 11 is 0. The molecule has 0 bridgehead atoms. The first-order chi connectivity index (χ1) is 13.0. The van der Waals surface area contributed by atoms with Gasteiger partial charge in [0.1, 0.15) is 5.82 Å². The highest BCUT2D eigenvalue weighted by atomic mass is 16.1. The number of aromatic nitrogens is 2. The molecular formula is C22H29N4O+. The zero-order valence-corrected chi connectivity index (χ0v) is 16.7. The number of carbonyl (C=O) groups is 1. The van der Waals surface area contributed by atoms with Crippen LogP contribution in [0.1, 0.15) is 35.6 Å². The Hall–Kier alpha value is -2.66. The Balaban J connectivity index is 1.76. The van der Waals surface area contributed by atoms with Crippen LogP contribution in [0.3, 0.4) is 0 Å². The number of quaternary nitrogens is 1. The van der Waals surface area contributed by atoms with Gasteiger partial charge in [-0.15, -0.1) is 0 Å². The van der Waals surface area contributed by atoms with Crippen LogP contribution in [0.5, 0.6) is 0 Å². The van der Waals surface area contributed by atoms with Crippen molar-refractivity contribution in [2.45, 2.75) is 27.2 Å². The number of amides is 1. The summed E-state index contributed by atoms with van der Waals surface area (Å²) in [5, 5.41) is 2.97. The predicted octanol–water partition coefficient (Wildman–Crippen LogP) is 2.60. The number of nitrogens with zero attached hydrogens (tertiary/aromatic N) is 2. The summed E-state index contributed by atoms with van der Waals surface area (Å²) in [7, 11) is 2.06. The Morgan fingerprint density at radius 3 is 2.48 bits per heavy atom. The third kappa shape index (κ3) is 4.37. The number of carbonyl (C=O) groups excluding carboxylic acids is 1. The second-order valence-corrected chi connectivity index (χ2v) is 7.07. The van der Waals surface area contributed by atoms with Crippen molar-refractivity contribution >= 4 is 22.6 Å². The molecule has 1 aromatic heterocycles. The average Bonchev–Trinajstić information content (AvgIpc) is 2.98. The van der Waals surface area contributed by atoms with Gasteiger partial charge in [-0.25, -0.2) is 4.98 Å². The number of aryl methyl sites for hydroxylation is 2. The molecule has 5 nitrogen and oxygen atoms in total. The molecular weight excluding hydrogens is 336 g/mol. The number of benzene rings is 2. The molecule has 27 heavy (non-hydrogen) atoms. The minimum Gasteiger partial charge on any atom is -0.335 e. The SMILES string of the molecule is CC[NH+](CC)CCc1nc2cc(NC(=O)c3ccc(C)cc3)ccc2n1C. The molecule has 0 unspecified atom stereocenters. The van der Waals surface area contributed by atoms with E-state index in [0.29, 0.717) is 5.56 Å². The number of hydrogen-bond acceptors (Lipinski definition) is 2. The first-order valence-corrected chi connectivity index (χ1v) is 9.68. The molecule has 3 aromatic rings. The van der Waals surface area contributed by atoms with Crippen molar-refractivity contribution in [2.24, 2.45) is 7.05 Å². The number of nitrogens with one attached hydrogen (secondary N) is 2. The predicted molar refractivity (Wildman–Crippen MR) is 110 cm³/mol. The van der Waals surface area contributed by atoms with Crippen molar-refractivity contribution in [2.75, 3.05) is 25.0 Å². The summed E-state index contributed by atoms with van der Waals surface area (Å²) in [5.41, 5.74) is 4.58. The van der Waals surface area contributed by atoms with E-state index in [9.17, 15) is 4.79 Å². The van der Waals surface area contributed by atoms with E-state index in [1.54, 1.807) is 4.90 Å². The molecule has 0 radical (unpaired) electrons. The molecule has 142 valence electrons. The van der Waals surface area contributed by atoms with E-state index in [0.717, 1.165) is 54.2 Å². The van der Waals surface area contributed by atoms with E-state index >= 15 is 0 Å². The molecule has 2 aromatic carbocycles. The maximum Gasteiger partial charge on any atom is 0.255 e. The molecule has 3 rings (SSSR count). The molecule has 5 heteroatoms. The Labute approximate surface area is 161 Å². The Morgan fingerprint density at radius 1 is 1.11 bits per heavy atom. The minimum absolute atomic E-state index is 0.101. The number of fused-ring (bicyclic) bond motifs is 1. The van der Waals surface area contributed by atoms with Crippen LogP contribution in [-0.2, 0) is 13.5 Å². The van der Waals surface area contributed by atoms with Crippen molar-refractivity contribution in [3.63, 3.8) is 0 Å². The van der Waals surface area contributed by atoms with Crippen LogP contribution in [-0.4, -0.2) is 35.1 Å². The van der Waals surface area contributed by atoms with E-state index in [1.807, 2.05) is 49.4 Å². The smallest absolute Gasteiger partial charge is 0.255 e. The molecule has 0 aliphatic carbocycles. The van der Waals surface area contributed by atoms with Crippen LogP contribution in [0, 0.1) is 6.92 Å². The van der Waals surface area contributed by atoms with Crippen molar-refractivity contribution < 1.29 is 9.69 Å². The quantitative estimate of drug-likeness (QED) is 0.676. The fourth-order valence-electron chi connectivity index (χ4n) is 3.35. The number of likely N-dealkylation sites (N-methyl/N-ethyl adjacent to an activating group) is 1. The third-order valence-electron chi connectivity index (χ3n) is 5.25. The summed E-state index contributed by atoms with van der Waals surface area (Å²) in [6.07, 6.45) is 0.952. The highest BCUT2D eigenvalue weighted by Crippen LogP contribution is 2.20. The van der Waals surface area contributed by atoms with E-state index in [4.69, 9.17) is 4.98 Å². The van der Waals surface area contributed by atoms with Crippen molar-refractivity contribution in [1.29, 1.82) is 0 Å². The number of rotatable bonds is 7. The summed E-state index contributed by atoms with van der Waals surface area (Å²) in [6, 6.07) is 13.5. The van der Waals surface area contributed by atoms with Gasteiger partial charge >= 0.3 is 0 Å². The van der Waals surface area contributed by atoms with Gasteiger partial charge in [0.2, 0.25) is 0 Å². The van der Waals surface area contributed by atoms with Gasteiger partial charge in [0.05, 0.1) is 37.1 Å². The largest absolute Gasteiger partial charge is 0.335 e. The maximum absolute atomic E-state index is 12.4. The van der Waals surface area contributed by atoms with E-state index < -0.39 is 0 Å². The van der Waals surface area contributed by atoms with Crippen LogP contribution >= 0.6 is 0 Å². The molecule has 0 saturated heterocycles. The number of imidazole rings is 1. The van der Waals surface area contributed by atoms with Gasteiger partial charge < -0.3 is 14.8 Å². The summed E-state index contributed by atoms with van der Waals surface area (Å²) in [6.45, 7) is 9.80. The summed E-state index contributed by atoms with van der Waals surface area (Å²) in [5.74, 6) is 0.988. The standard InChI is InChI=1S/C22H28N4O/c1-5-26(6-2)14-13-21-24-19-15-18(11-12-20(19)25(21)4)23-22(27)17-9-7-16(3)8-10-17/h7-12,15H,5-6,13-14H2,1-4H3,(H,23,27)/p+1. The zero-order chi connectivity index (χ0) is 19.4. The van der Waals surface area contributed by atoms with Crippen molar-refractivity contribution in [3.8, 4) is 0 Å². The van der Waals surface area contributed by atoms with Crippen LogP contribution < -0.4 is 10.2 Å². The number of hydrogen-bond donors (Lipinski definition) is 2. The minimum atomic E-state index is -0.101. The lowest BCUT2D eigenvalue weighted by Crippen LogP contribution is -3.11. The molecule has 1 amide bonds. The molecule has 0 saturated carbocycles. The highest BCUT2D eigenvalue weighted by molar-refractivity contribution is 6.05. The van der Waals surface area contributed by atoms with Gasteiger partial charge in [0.25, 0.3) is 5.91 Å². The summed E-state index contributed by atoms with van der Waals surface area (Å²) < 4.78 is 2.16. The molecule has 0 aliphatic rings. The van der Waals surface area contributed by atoms with Crippen LogP contribution in [0.4, 0.5) is 5.69 Å². The Bertz CT molecular complexity index is 923. The van der Waals surface area contributed by atoms with Crippen molar-refractivity contribution in [3.05, 3.63) is 59.4 Å². The summed E-state index contributed by atoms with van der Waals surface area (Å²) in [4.78, 5) is 18.8. The Kier molecular flexibility index (Phi) is 5.91. The fourth-order valence-corrected chi connectivity index (χ4v) is 3.35. The van der Waals surface area contributed by atoms with Gasteiger partial charge in [-0.1, -0.05) is 17.7 Å². The zero-order valence-electron chi connectivity index (χ0n) is 16.7. The monoisotopic (exact) mass is 365 g/mol. The molecule has 0 atom stereocenters. The topological polar surface area (TPSA) is 51.4 Å². The first-order valence-electron chi connectivity index (χ1n) is 9.68. The third-order valence-corrected chi connectivity index (χ3v) is 5.25. The maximum atomic E-state index is 12.4. The number of anilines is 1. The normalized spacial score (nSPS) is 11.3. The van der Waals surface area contributed by atoms with Gasteiger partial charge in [0, 0.05) is 18.3 Å². The van der Waals surface area contributed by atoms with Crippen molar-refractivity contribution in [1.82, 2.24) is 9.55 Å². The molecule has 1 heterocycles. The fraction of sp³-hybridized carbons (Fsp3) is 0.364. The second kappa shape index (κ2) is 8.35. The average molecular weight is 366 g/mol. The van der Waals surface area contributed by atoms with Gasteiger partial charge in [-0.05, 0) is 51.1 Å². The van der Waals surface area contributed by atoms with Gasteiger partial charge in [-0.2, -0.15) is 0 Å². The first kappa shape index (κ1) is 19.1. The van der Waals surface area contributed by atoms with E-state index in [1.165, 1.54) is 0 Å². The van der Waals surface area contributed by atoms with Crippen LogP contribution in [0.25, 0.3) is 11.0 Å².